The van der Waals surface area contributed by atoms with Crippen LogP contribution in [0.15, 0.2) is 24.3 Å². The minimum absolute atomic E-state index is 0.00475. The Kier molecular flexibility index (Phi) is 6.74. The fourth-order valence-corrected chi connectivity index (χ4v) is 3.68. The normalized spacial score (nSPS) is 18.6. The molecule has 1 aliphatic heterocycles. The van der Waals surface area contributed by atoms with Crippen molar-refractivity contribution >= 4 is 15.9 Å². The molecular weight excluding hydrogens is 331 g/mol. The van der Waals surface area contributed by atoms with Crippen molar-refractivity contribution in [2.24, 2.45) is 11.1 Å². The van der Waals surface area contributed by atoms with Gasteiger partial charge in [-0.25, -0.2) is 17.9 Å². The molecule has 1 aliphatic rings. The Hall–Kier alpha value is -1.47. The molecule has 7 heteroatoms. The predicted octanol–water partition coefficient (Wildman–Crippen LogP) is 2.07. The second kappa shape index (κ2) is 8.58. The molecule has 1 atom stereocenters. The zero-order chi connectivity index (χ0) is 17.6. The monoisotopic (exact) mass is 356 g/mol. The molecule has 1 saturated heterocycles. The zero-order valence-electron chi connectivity index (χ0n) is 13.8. The Balaban J connectivity index is 1.76. The van der Waals surface area contributed by atoms with Crippen molar-refractivity contribution in [1.29, 1.82) is 0 Å². The van der Waals surface area contributed by atoms with Gasteiger partial charge in [0.2, 0.25) is 15.9 Å². The maximum atomic E-state index is 12.9. The average molecular weight is 356 g/mol. The molecule has 1 aromatic rings. The van der Waals surface area contributed by atoms with Crippen LogP contribution < -0.4 is 5.14 Å². The van der Waals surface area contributed by atoms with Crippen LogP contribution in [0.25, 0.3) is 0 Å². The molecule has 1 heterocycles. The van der Waals surface area contributed by atoms with Crippen molar-refractivity contribution in [2.45, 2.75) is 38.5 Å². The van der Waals surface area contributed by atoms with Gasteiger partial charge in [0.1, 0.15) is 5.82 Å². The van der Waals surface area contributed by atoms with Crippen LogP contribution >= 0.6 is 0 Å². The standard InChI is InChI=1S/C17H25FN2O3S/c18-16-9-7-14(8-10-16)5-6-15-3-1-11-20(13-15)17(21)4-2-12-24(19,22)23/h7-10,15H,1-6,11-13H2,(H2,19,22,23)/t15-/m0/s1. The quantitative estimate of drug-likeness (QED) is 0.812. The van der Waals surface area contributed by atoms with Gasteiger partial charge < -0.3 is 4.90 Å². The van der Waals surface area contributed by atoms with Crippen molar-refractivity contribution in [2.75, 3.05) is 18.8 Å². The molecule has 1 aromatic carbocycles. The van der Waals surface area contributed by atoms with Crippen LogP contribution in [0.4, 0.5) is 4.39 Å². The van der Waals surface area contributed by atoms with Gasteiger partial charge in [0, 0.05) is 19.5 Å². The van der Waals surface area contributed by atoms with E-state index in [2.05, 4.69) is 0 Å². The van der Waals surface area contributed by atoms with Crippen molar-refractivity contribution in [3.05, 3.63) is 35.6 Å². The van der Waals surface area contributed by atoms with Crippen LogP contribution in [0.1, 0.15) is 37.7 Å². The second-order valence-electron chi connectivity index (χ2n) is 6.48. The summed E-state index contributed by atoms with van der Waals surface area (Å²) in [5.74, 6) is 0.0597. The summed E-state index contributed by atoms with van der Waals surface area (Å²) in [6, 6.07) is 6.54. The van der Waals surface area contributed by atoms with Gasteiger partial charge in [0.05, 0.1) is 5.75 Å². The number of halogens is 1. The van der Waals surface area contributed by atoms with E-state index in [1.165, 1.54) is 12.1 Å². The molecule has 0 spiro atoms. The fraction of sp³-hybridized carbons (Fsp3) is 0.588. The lowest BCUT2D eigenvalue weighted by Gasteiger charge is -2.33. The molecule has 0 unspecified atom stereocenters. The summed E-state index contributed by atoms with van der Waals surface area (Å²) in [6.07, 6.45) is 4.39. The number of sulfonamides is 1. The minimum atomic E-state index is -3.50. The fourth-order valence-electron chi connectivity index (χ4n) is 3.13. The number of aryl methyl sites for hydroxylation is 1. The topological polar surface area (TPSA) is 80.5 Å². The third kappa shape index (κ3) is 6.57. The van der Waals surface area contributed by atoms with E-state index in [9.17, 15) is 17.6 Å². The Labute approximate surface area is 143 Å². The molecule has 0 aromatic heterocycles. The van der Waals surface area contributed by atoms with Crippen LogP contribution in [0, 0.1) is 11.7 Å². The van der Waals surface area contributed by atoms with Gasteiger partial charge in [0.25, 0.3) is 0 Å². The highest BCUT2D eigenvalue weighted by molar-refractivity contribution is 7.89. The Morgan fingerprint density at radius 1 is 1.29 bits per heavy atom. The number of carbonyl (C=O) groups is 1. The summed E-state index contributed by atoms with van der Waals surface area (Å²) in [6.45, 7) is 1.46. The summed E-state index contributed by atoms with van der Waals surface area (Å²) in [5, 5.41) is 4.95. The molecule has 2 rings (SSSR count). The maximum absolute atomic E-state index is 12.9. The minimum Gasteiger partial charge on any atom is -0.342 e. The number of benzene rings is 1. The van der Waals surface area contributed by atoms with Crippen molar-refractivity contribution in [3.63, 3.8) is 0 Å². The molecule has 0 radical (unpaired) electrons. The number of carbonyl (C=O) groups excluding carboxylic acids is 1. The maximum Gasteiger partial charge on any atom is 0.222 e. The van der Waals surface area contributed by atoms with Crippen LogP contribution in [-0.2, 0) is 21.2 Å². The molecule has 0 saturated carbocycles. The smallest absolute Gasteiger partial charge is 0.222 e. The van der Waals surface area contributed by atoms with E-state index in [0.717, 1.165) is 44.3 Å². The van der Waals surface area contributed by atoms with Crippen LogP contribution in [0.3, 0.4) is 0 Å². The first-order valence-corrected chi connectivity index (χ1v) is 10.1. The predicted molar refractivity (Wildman–Crippen MR) is 91.2 cm³/mol. The molecule has 0 aliphatic carbocycles. The lowest BCUT2D eigenvalue weighted by atomic mass is 9.91. The molecule has 1 fully saturated rings. The first-order valence-electron chi connectivity index (χ1n) is 8.36. The first kappa shape index (κ1) is 18.9. The number of nitrogens with two attached hydrogens (primary N) is 1. The lowest BCUT2D eigenvalue weighted by molar-refractivity contribution is -0.133. The number of likely N-dealkylation sites (tertiary alicyclic amines) is 1. The molecule has 5 nitrogen and oxygen atoms in total. The number of piperidine rings is 1. The van der Waals surface area contributed by atoms with E-state index in [4.69, 9.17) is 5.14 Å². The van der Waals surface area contributed by atoms with Crippen molar-refractivity contribution in [1.82, 2.24) is 4.90 Å². The van der Waals surface area contributed by atoms with Gasteiger partial charge >= 0.3 is 0 Å². The molecule has 24 heavy (non-hydrogen) atoms. The Morgan fingerprint density at radius 3 is 2.67 bits per heavy atom. The van der Waals surface area contributed by atoms with E-state index in [1.807, 2.05) is 4.90 Å². The van der Waals surface area contributed by atoms with E-state index < -0.39 is 10.0 Å². The highest BCUT2D eigenvalue weighted by Crippen LogP contribution is 2.22. The van der Waals surface area contributed by atoms with Gasteiger partial charge in [0.15, 0.2) is 0 Å². The number of nitrogens with zero attached hydrogens (tertiary/aromatic N) is 1. The van der Waals surface area contributed by atoms with Crippen LogP contribution in [-0.4, -0.2) is 38.1 Å². The highest BCUT2D eigenvalue weighted by atomic mass is 32.2. The lowest BCUT2D eigenvalue weighted by Crippen LogP contribution is -2.40. The van der Waals surface area contributed by atoms with Gasteiger partial charge in [-0.05, 0) is 55.7 Å². The summed E-state index contributed by atoms with van der Waals surface area (Å²) in [5.41, 5.74) is 1.10. The number of amides is 1. The van der Waals surface area contributed by atoms with Gasteiger partial charge in [-0.3, -0.25) is 4.79 Å². The number of hydrogen-bond donors (Lipinski definition) is 1. The third-order valence-corrected chi connectivity index (χ3v) is 5.30. The number of rotatable bonds is 7. The molecular formula is C17H25FN2O3S. The van der Waals surface area contributed by atoms with Crippen molar-refractivity contribution in [3.8, 4) is 0 Å². The number of primary sulfonamides is 1. The number of hydrogen-bond acceptors (Lipinski definition) is 3. The average Bonchev–Trinajstić information content (AvgIpc) is 2.53. The summed E-state index contributed by atoms with van der Waals surface area (Å²) >= 11 is 0. The zero-order valence-corrected chi connectivity index (χ0v) is 14.6. The van der Waals surface area contributed by atoms with E-state index >= 15 is 0 Å². The van der Waals surface area contributed by atoms with E-state index in [0.29, 0.717) is 5.92 Å². The Bertz CT molecular complexity index is 646. The van der Waals surface area contributed by atoms with Crippen molar-refractivity contribution < 1.29 is 17.6 Å². The summed E-state index contributed by atoms with van der Waals surface area (Å²) < 4.78 is 34.7. The molecule has 2 N–H and O–H groups in total. The summed E-state index contributed by atoms with van der Waals surface area (Å²) in [7, 11) is -3.50. The van der Waals surface area contributed by atoms with Gasteiger partial charge in [-0.15, -0.1) is 0 Å². The largest absolute Gasteiger partial charge is 0.342 e. The van der Waals surface area contributed by atoms with E-state index in [-0.39, 0.29) is 30.3 Å². The first-order chi connectivity index (χ1) is 11.3. The highest BCUT2D eigenvalue weighted by Gasteiger charge is 2.23. The van der Waals surface area contributed by atoms with Gasteiger partial charge in [-0.1, -0.05) is 12.1 Å². The van der Waals surface area contributed by atoms with Gasteiger partial charge in [-0.2, -0.15) is 0 Å². The van der Waals surface area contributed by atoms with Crippen LogP contribution in [0.2, 0.25) is 0 Å². The third-order valence-electron chi connectivity index (χ3n) is 4.45. The SMILES string of the molecule is NS(=O)(=O)CCCC(=O)N1CCC[C@@H](CCc2ccc(F)cc2)C1. The summed E-state index contributed by atoms with van der Waals surface area (Å²) in [4.78, 5) is 14.0. The second-order valence-corrected chi connectivity index (χ2v) is 8.22. The Morgan fingerprint density at radius 2 is 2.00 bits per heavy atom. The molecule has 1 amide bonds. The molecule has 134 valence electrons. The van der Waals surface area contributed by atoms with E-state index in [1.54, 1.807) is 12.1 Å². The molecule has 0 bridgehead atoms. The van der Waals surface area contributed by atoms with Crippen LogP contribution in [0.5, 0.6) is 0 Å².